The minimum Gasteiger partial charge on any atom is -0.324 e. The highest BCUT2D eigenvalue weighted by atomic mass is 16.2. The summed E-state index contributed by atoms with van der Waals surface area (Å²) in [6.45, 7) is 5.67. The van der Waals surface area contributed by atoms with Gasteiger partial charge in [-0.05, 0) is 31.1 Å². The third-order valence-electron chi connectivity index (χ3n) is 4.17. The molecule has 1 aliphatic carbocycles. The molecule has 0 aromatic carbocycles. The molecule has 2 heterocycles. The van der Waals surface area contributed by atoms with Gasteiger partial charge in [-0.1, -0.05) is 0 Å². The highest BCUT2D eigenvalue weighted by Crippen LogP contribution is 2.41. The van der Waals surface area contributed by atoms with Gasteiger partial charge < -0.3 is 15.1 Å². The molecule has 16 heavy (non-hydrogen) atoms. The lowest BCUT2D eigenvalue weighted by Gasteiger charge is -2.31. The molecule has 3 fully saturated rings. The van der Waals surface area contributed by atoms with E-state index < -0.39 is 0 Å². The van der Waals surface area contributed by atoms with Gasteiger partial charge in [-0.15, -0.1) is 0 Å². The van der Waals surface area contributed by atoms with E-state index in [1.807, 2.05) is 4.90 Å². The summed E-state index contributed by atoms with van der Waals surface area (Å²) in [6, 6.07) is 0.282. The molecule has 0 spiro atoms. The minimum atomic E-state index is 0.282. The molecule has 2 aliphatic heterocycles. The van der Waals surface area contributed by atoms with Gasteiger partial charge in [0.15, 0.2) is 0 Å². The fourth-order valence-corrected chi connectivity index (χ4v) is 2.97. The Kier molecular flexibility index (Phi) is 2.75. The van der Waals surface area contributed by atoms with Gasteiger partial charge in [0.25, 0.3) is 0 Å². The third-order valence-corrected chi connectivity index (χ3v) is 4.17. The Hall–Kier alpha value is -0.770. The predicted octanol–water partition coefficient (Wildman–Crippen LogP) is 0.743. The smallest absolute Gasteiger partial charge is 0.320 e. The molecule has 4 heteroatoms. The molecule has 0 radical (unpaired) electrons. The first kappa shape index (κ1) is 10.4. The Balaban J connectivity index is 1.54. The average Bonchev–Trinajstić information content (AvgIpc) is 3.08. The lowest BCUT2D eigenvalue weighted by atomic mass is 10.0. The van der Waals surface area contributed by atoms with Crippen LogP contribution >= 0.6 is 0 Å². The van der Waals surface area contributed by atoms with Crippen molar-refractivity contribution in [3.05, 3.63) is 0 Å². The Labute approximate surface area is 97.0 Å². The van der Waals surface area contributed by atoms with Crippen LogP contribution in [0.5, 0.6) is 0 Å². The molecule has 1 unspecified atom stereocenters. The van der Waals surface area contributed by atoms with E-state index in [0.717, 1.165) is 51.1 Å². The Bertz CT molecular complexity index is 271. The number of urea groups is 1. The number of rotatable bonds is 1. The zero-order valence-electron chi connectivity index (χ0n) is 9.82. The molecule has 0 aromatic heterocycles. The number of amides is 2. The Morgan fingerprint density at radius 2 is 1.69 bits per heavy atom. The average molecular weight is 223 g/mol. The monoisotopic (exact) mass is 223 g/mol. The van der Waals surface area contributed by atoms with E-state index in [0.29, 0.717) is 0 Å². The van der Waals surface area contributed by atoms with Crippen LogP contribution < -0.4 is 5.32 Å². The number of nitrogens with zero attached hydrogens (tertiary/aromatic N) is 2. The van der Waals surface area contributed by atoms with Crippen LogP contribution in [0.25, 0.3) is 0 Å². The first-order valence-electron chi connectivity index (χ1n) is 6.59. The zero-order chi connectivity index (χ0) is 11.0. The Morgan fingerprint density at radius 1 is 0.938 bits per heavy atom. The molecule has 0 aromatic rings. The quantitative estimate of drug-likeness (QED) is 0.712. The maximum Gasteiger partial charge on any atom is 0.320 e. The van der Waals surface area contributed by atoms with Crippen molar-refractivity contribution in [2.75, 3.05) is 39.3 Å². The van der Waals surface area contributed by atoms with Gasteiger partial charge in [0.05, 0.1) is 0 Å². The first-order valence-corrected chi connectivity index (χ1v) is 6.59. The van der Waals surface area contributed by atoms with Crippen LogP contribution in [-0.2, 0) is 0 Å². The van der Waals surface area contributed by atoms with E-state index >= 15 is 0 Å². The van der Waals surface area contributed by atoms with Gasteiger partial charge in [0.1, 0.15) is 0 Å². The van der Waals surface area contributed by atoms with Crippen LogP contribution in [0.4, 0.5) is 4.79 Å². The second-order valence-corrected chi connectivity index (χ2v) is 5.35. The number of hydrogen-bond acceptors (Lipinski definition) is 2. The van der Waals surface area contributed by atoms with E-state index in [2.05, 4.69) is 10.2 Å². The standard InChI is InChI=1S/C12H21N3O/c16-12(14-7-4-13-5-8-14)15-6-3-11(9-15)10-1-2-10/h10-11,13H,1-9H2. The van der Waals surface area contributed by atoms with E-state index in [1.165, 1.54) is 19.3 Å². The number of nitrogens with one attached hydrogen (secondary N) is 1. The normalized spacial score (nSPS) is 30.9. The highest BCUT2D eigenvalue weighted by molar-refractivity contribution is 5.74. The number of carbonyl (C=O) groups is 1. The fourth-order valence-electron chi connectivity index (χ4n) is 2.97. The topological polar surface area (TPSA) is 35.6 Å². The number of piperazine rings is 1. The highest BCUT2D eigenvalue weighted by Gasteiger charge is 2.38. The van der Waals surface area contributed by atoms with E-state index in [1.54, 1.807) is 0 Å². The number of carbonyl (C=O) groups excluding carboxylic acids is 1. The summed E-state index contributed by atoms with van der Waals surface area (Å²) in [6.07, 6.45) is 4.04. The summed E-state index contributed by atoms with van der Waals surface area (Å²) >= 11 is 0. The summed E-state index contributed by atoms with van der Waals surface area (Å²) in [4.78, 5) is 16.3. The molecule has 0 bridgehead atoms. The van der Waals surface area contributed by atoms with Crippen LogP contribution in [0.3, 0.4) is 0 Å². The van der Waals surface area contributed by atoms with Gasteiger partial charge in [0, 0.05) is 39.3 Å². The van der Waals surface area contributed by atoms with Crippen LogP contribution in [0, 0.1) is 11.8 Å². The molecule has 1 atom stereocenters. The van der Waals surface area contributed by atoms with Crippen LogP contribution in [-0.4, -0.2) is 55.1 Å². The zero-order valence-corrected chi connectivity index (χ0v) is 9.82. The largest absolute Gasteiger partial charge is 0.324 e. The first-order chi connectivity index (χ1) is 7.84. The van der Waals surface area contributed by atoms with Crippen LogP contribution in [0.15, 0.2) is 0 Å². The minimum absolute atomic E-state index is 0.282. The lowest BCUT2D eigenvalue weighted by molar-refractivity contribution is 0.154. The predicted molar refractivity (Wildman–Crippen MR) is 62.2 cm³/mol. The van der Waals surface area contributed by atoms with Crippen LogP contribution in [0.1, 0.15) is 19.3 Å². The molecular formula is C12H21N3O. The van der Waals surface area contributed by atoms with Gasteiger partial charge in [-0.25, -0.2) is 4.79 Å². The lowest BCUT2D eigenvalue weighted by Crippen LogP contribution is -2.51. The number of hydrogen-bond donors (Lipinski definition) is 1. The van der Waals surface area contributed by atoms with Gasteiger partial charge in [0.2, 0.25) is 0 Å². The van der Waals surface area contributed by atoms with Crippen molar-refractivity contribution in [2.24, 2.45) is 11.8 Å². The molecule has 4 nitrogen and oxygen atoms in total. The summed E-state index contributed by atoms with van der Waals surface area (Å²) in [5.41, 5.74) is 0. The van der Waals surface area contributed by atoms with Crippen molar-refractivity contribution >= 4 is 6.03 Å². The van der Waals surface area contributed by atoms with Crippen molar-refractivity contribution in [3.63, 3.8) is 0 Å². The maximum atomic E-state index is 12.2. The molecule has 1 N–H and O–H groups in total. The summed E-state index contributed by atoms with van der Waals surface area (Å²) in [7, 11) is 0. The fraction of sp³-hybridized carbons (Fsp3) is 0.917. The van der Waals surface area contributed by atoms with E-state index in [-0.39, 0.29) is 6.03 Å². The SMILES string of the molecule is O=C(N1CCNCC1)N1CCC(C2CC2)C1. The molecular weight excluding hydrogens is 202 g/mol. The van der Waals surface area contributed by atoms with Crippen molar-refractivity contribution in [2.45, 2.75) is 19.3 Å². The van der Waals surface area contributed by atoms with Crippen molar-refractivity contribution in [1.82, 2.24) is 15.1 Å². The van der Waals surface area contributed by atoms with Gasteiger partial charge >= 0.3 is 6.03 Å². The second kappa shape index (κ2) is 4.24. The van der Waals surface area contributed by atoms with Gasteiger partial charge in [-0.2, -0.15) is 0 Å². The molecule has 2 amide bonds. The maximum absolute atomic E-state index is 12.2. The molecule has 90 valence electrons. The van der Waals surface area contributed by atoms with Crippen molar-refractivity contribution < 1.29 is 4.79 Å². The van der Waals surface area contributed by atoms with Crippen LogP contribution in [0.2, 0.25) is 0 Å². The van der Waals surface area contributed by atoms with Gasteiger partial charge in [-0.3, -0.25) is 0 Å². The van der Waals surface area contributed by atoms with Crippen molar-refractivity contribution in [1.29, 1.82) is 0 Å². The molecule has 3 aliphatic rings. The molecule has 3 rings (SSSR count). The summed E-state index contributed by atoms with van der Waals surface area (Å²) in [5.74, 6) is 1.76. The second-order valence-electron chi connectivity index (χ2n) is 5.35. The molecule has 2 saturated heterocycles. The summed E-state index contributed by atoms with van der Waals surface area (Å²) < 4.78 is 0. The number of likely N-dealkylation sites (tertiary alicyclic amines) is 1. The third kappa shape index (κ3) is 2.03. The van der Waals surface area contributed by atoms with E-state index in [9.17, 15) is 4.79 Å². The Morgan fingerprint density at radius 3 is 2.38 bits per heavy atom. The van der Waals surface area contributed by atoms with Crippen molar-refractivity contribution in [3.8, 4) is 0 Å². The molecule has 1 saturated carbocycles. The van der Waals surface area contributed by atoms with E-state index in [4.69, 9.17) is 0 Å². The summed E-state index contributed by atoms with van der Waals surface area (Å²) in [5, 5.41) is 3.28.